The van der Waals surface area contributed by atoms with Crippen LogP contribution >= 0.6 is 11.3 Å². The summed E-state index contributed by atoms with van der Waals surface area (Å²) in [4.78, 5) is 41.1. The Morgan fingerprint density at radius 3 is 2.45 bits per heavy atom. The summed E-state index contributed by atoms with van der Waals surface area (Å²) < 4.78 is 7.29. The number of nitro groups is 1. The lowest BCUT2D eigenvalue weighted by Crippen LogP contribution is -2.43. The summed E-state index contributed by atoms with van der Waals surface area (Å²) in [6, 6.07) is 20.5. The molecule has 0 saturated heterocycles. The van der Waals surface area contributed by atoms with Crippen molar-refractivity contribution in [3.8, 4) is 22.4 Å². The van der Waals surface area contributed by atoms with Crippen molar-refractivity contribution in [1.82, 2.24) is 14.7 Å². The van der Waals surface area contributed by atoms with Crippen LogP contribution in [0.15, 0.2) is 84.4 Å². The van der Waals surface area contributed by atoms with Crippen molar-refractivity contribution < 1.29 is 24.4 Å². The number of fused-ring (bicyclic) bond motifs is 4. The van der Waals surface area contributed by atoms with Gasteiger partial charge in [0, 0.05) is 41.6 Å². The number of nitro benzene ring substituents is 1. The Morgan fingerprint density at radius 2 is 1.77 bits per heavy atom. The van der Waals surface area contributed by atoms with Gasteiger partial charge in [-0.25, -0.2) is 14.6 Å². The van der Waals surface area contributed by atoms with Crippen molar-refractivity contribution >= 4 is 34.0 Å². The van der Waals surface area contributed by atoms with E-state index in [2.05, 4.69) is 10.3 Å². The molecule has 40 heavy (non-hydrogen) atoms. The molecule has 11 heteroatoms. The first-order chi connectivity index (χ1) is 19.4. The Balaban J connectivity index is 1.22. The van der Waals surface area contributed by atoms with Crippen molar-refractivity contribution in [2.24, 2.45) is 0 Å². The van der Waals surface area contributed by atoms with E-state index in [9.17, 15) is 24.8 Å². The van der Waals surface area contributed by atoms with E-state index < -0.39 is 23.0 Å². The molecule has 10 nitrogen and oxygen atoms in total. The van der Waals surface area contributed by atoms with Crippen LogP contribution in [0.4, 0.5) is 10.5 Å². The van der Waals surface area contributed by atoms with Crippen LogP contribution < -0.4 is 5.32 Å². The highest BCUT2D eigenvalue weighted by molar-refractivity contribution is 7.15. The molecule has 1 amide bonds. The number of carbonyl (C=O) groups excluding carboxylic acids is 1. The molecular weight excluding hydrogens is 532 g/mol. The molecular formula is C29H22N4O6S. The number of benzene rings is 3. The number of imidazole rings is 1. The van der Waals surface area contributed by atoms with Crippen LogP contribution in [0.25, 0.3) is 27.3 Å². The van der Waals surface area contributed by atoms with Crippen LogP contribution in [-0.2, 0) is 16.0 Å². The Labute approximate surface area is 231 Å². The second kappa shape index (κ2) is 10.3. The van der Waals surface area contributed by atoms with Gasteiger partial charge in [0.1, 0.15) is 12.6 Å². The smallest absolute Gasteiger partial charge is 0.407 e. The van der Waals surface area contributed by atoms with Gasteiger partial charge in [-0.3, -0.25) is 14.5 Å². The van der Waals surface area contributed by atoms with E-state index in [1.165, 1.54) is 23.5 Å². The fourth-order valence-corrected chi connectivity index (χ4v) is 5.93. The molecule has 0 bridgehead atoms. The number of thiazole rings is 1. The third-order valence-corrected chi connectivity index (χ3v) is 7.78. The second-order valence-electron chi connectivity index (χ2n) is 9.33. The van der Waals surface area contributed by atoms with Gasteiger partial charge in [-0.1, -0.05) is 60.7 Å². The Hall–Kier alpha value is -5.03. The summed E-state index contributed by atoms with van der Waals surface area (Å²) in [5.74, 6) is -1.41. The molecule has 1 atom stereocenters. The minimum atomic E-state index is -1.33. The number of aromatic nitrogens is 2. The monoisotopic (exact) mass is 554 g/mol. The molecule has 1 aliphatic carbocycles. The van der Waals surface area contributed by atoms with E-state index in [4.69, 9.17) is 4.74 Å². The van der Waals surface area contributed by atoms with E-state index in [0.29, 0.717) is 21.9 Å². The first-order valence-electron chi connectivity index (χ1n) is 12.4. The molecule has 2 heterocycles. The van der Waals surface area contributed by atoms with E-state index in [1.54, 1.807) is 28.1 Å². The number of carboxylic acid groups (broad SMARTS) is 1. The van der Waals surface area contributed by atoms with Gasteiger partial charge in [0.05, 0.1) is 16.3 Å². The highest BCUT2D eigenvalue weighted by Crippen LogP contribution is 2.44. The number of carboxylic acids is 1. The Kier molecular flexibility index (Phi) is 6.48. The van der Waals surface area contributed by atoms with Crippen molar-refractivity contribution in [2.75, 3.05) is 6.61 Å². The number of aliphatic carboxylic acids is 1. The highest BCUT2D eigenvalue weighted by Gasteiger charge is 2.30. The number of carbonyl (C=O) groups is 2. The molecule has 2 N–H and O–H groups in total. The van der Waals surface area contributed by atoms with Crippen LogP contribution in [0.2, 0.25) is 0 Å². The van der Waals surface area contributed by atoms with Crippen molar-refractivity contribution in [2.45, 2.75) is 18.4 Å². The zero-order valence-corrected chi connectivity index (χ0v) is 21.7. The largest absolute Gasteiger partial charge is 0.480 e. The van der Waals surface area contributed by atoms with E-state index >= 15 is 0 Å². The zero-order valence-electron chi connectivity index (χ0n) is 20.9. The van der Waals surface area contributed by atoms with Gasteiger partial charge in [-0.2, -0.15) is 0 Å². The molecule has 0 saturated carbocycles. The zero-order chi connectivity index (χ0) is 27.8. The number of rotatable bonds is 8. The molecule has 5 aromatic rings. The van der Waals surface area contributed by atoms with Crippen LogP contribution in [0.1, 0.15) is 22.7 Å². The van der Waals surface area contributed by atoms with Gasteiger partial charge in [-0.15, -0.1) is 11.3 Å². The number of hydrogen-bond acceptors (Lipinski definition) is 7. The van der Waals surface area contributed by atoms with Gasteiger partial charge in [0.25, 0.3) is 5.69 Å². The van der Waals surface area contributed by atoms with Crippen LogP contribution in [-0.4, -0.2) is 44.1 Å². The van der Waals surface area contributed by atoms with Crippen molar-refractivity contribution in [1.29, 1.82) is 0 Å². The first kappa shape index (κ1) is 25.3. The number of non-ortho nitro benzene ring substituents is 1. The maximum atomic E-state index is 12.9. The minimum Gasteiger partial charge on any atom is -0.480 e. The summed E-state index contributed by atoms with van der Waals surface area (Å²) in [6.07, 6.45) is 0.780. The van der Waals surface area contributed by atoms with Gasteiger partial charge in [0.15, 0.2) is 4.96 Å². The third-order valence-electron chi connectivity index (χ3n) is 7.02. The molecule has 1 aliphatic rings. The fraction of sp³-hybridized carbons (Fsp3) is 0.138. The lowest BCUT2D eigenvalue weighted by atomic mass is 9.98. The summed E-state index contributed by atoms with van der Waals surface area (Å²) >= 11 is 1.35. The topological polar surface area (TPSA) is 136 Å². The molecule has 0 spiro atoms. The molecule has 6 rings (SSSR count). The molecule has 1 unspecified atom stereocenters. The van der Waals surface area contributed by atoms with Crippen molar-refractivity contribution in [3.63, 3.8) is 0 Å². The average Bonchev–Trinajstić information content (AvgIpc) is 3.64. The molecule has 3 aromatic carbocycles. The van der Waals surface area contributed by atoms with Gasteiger partial charge >= 0.3 is 12.1 Å². The summed E-state index contributed by atoms with van der Waals surface area (Å²) in [7, 11) is 0. The van der Waals surface area contributed by atoms with Crippen LogP contribution in [0, 0.1) is 10.1 Å². The third kappa shape index (κ3) is 4.56. The summed E-state index contributed by atoms with van der Waals surface area (Å²) in [5.41, 5.74) is 5.56. The quantitative estimate of drug-likeness (QED) is 0.191. The minimum absolute atomic E-state index is 0.0482. The molecule has 0 fully saturated rings. The SMILES string of the molecule is O=C(NC(Cc1c(-c2cccc([N+](=O)[O-])c2)nc2sccn12)C(=O)O)OCC1c2ccccc2-c2ccccc21. The van der Waals surface area contributed by atoms with Gasteiger partial charge in [0.2, 0.25) is 0 Å². The predicted molar refractivity (Wildman–Crippen MR) is 148 cm³/mol. The lowest BCUT2D eigenvalue weighted by molar-refractivity contribution is -0.384. The standard InChI is InChI=1S/C29H22N4O6S/c34-27(35)24(15-25-26(31-28-32(25)12-13-40-28)17-6-5-7-18(14-17)33(37)38)30-29(36)39-16-23-21-10-3-1-8-19(21)20-9-2-4-11-22(20)23/h1-14,23-24H,15-16H2,(H,30,36)(H,34,35). The fourth-order valence-electron chi connectivity index (χ4n) is 5.20. The number of amides is 1. The van der Waals surface area contributed by atoms with Crippen LogP contribution in [0.3, 0.4) is 0 Å². The Bertz CT molecular complexity index is 1730. The van der Waals surface area contributed by atoms with E-state index in [1.807, 2.05) is 48.5 Å². The number of ether oxygens (including phenoxy) is 1. The number of nitrogens with zero attached hydrogens (tertiary/aromatic N) is 3. The summed E-state index contributed by atoms with van der Waals surface area (Å²) in [6.45, 7) is 0.0482. The average molecular weight is 555 g/mol. The van der Waals surface area contributed by atoms with E-state index in [0.717, 1.165) is 22.3 Å². The maximum Gasteiger partial charge on any atom is 0.407 e. The maximum absolute atomic E-state index is 12.9. The summed E-state index contributed by atoms with van der Waals surface area (Å²) in [5, 5.41) is 25.6. The van der Waals surface area contributed by atoms with Crippen molar-refractivity contribution in [3.05, 3.63) is 111 Å². The number of hydrogen-bond donors (Lipinski definition) is 2. The molecule has 200 valence electrons. The molecule has 0 radical (unpaired) electrons. The number of alkyl carbamates (subject to hydrolysis) is 1. The second-order valence-corrected chi connectivity index (χ2v) is 10.2. The normalized spacial score (nSPS) is 13.0. The highest BCUT2D eigenvalue weighted by atomic mass is 32.1. The molecule has 0 aliphatic heterocycles. The van der Waals surface area contributed by atoms with Crippen LogP contribution in [0.5, 0.6) is 0 Å². The number of nitrogens with one attached hydrogen (secondary N) is 1. The van der Waals surface area contributed by atoms with Gasteiger partial charge in [-0.05, 0) is 22.3 Å². The van der Waals surface area contributed by atoms with E-state index in [-0.39, 0.29) is 24.6 Å². The lowest BCUT2D eigenvalue weighted by Gasteiger charge is -2.18. The Morgan fingerprint density at radius 1 is 1.07 bits per heavy atom. The predicted octanol–water partition coefficient (Wildman–Crippen LogP) is 5.51. The van der Waals surface area contributed by atoms with Gasteiger partial charge < -0.3 is 15.2 Å². The molecule has 2 aromatic heterocycles. The first-order valence-corrected chi connectivity index (χ1v) is 13.3.